The molecule has 0 saturated heterocycles. The number of aryl methyl sites for hydroxylation is 2. The maximum Gasteiger partial charge on any atom is 0.175 e. The molecule has 3 nitrogen and oxygen atoms in total. The Labute approximate surface area is 187 Å². The van der Waals surface area contributed by atoms with Crippen molar-refractivity contribution >= 4 is 31.4 Å². The van der Waals surface area contributed by atoms with Gasteiger partial charge in [0.1, 0.15) is 4.83 Å². The molecule has 0 N–H and O–H groups in total. The van der Waals surface area contributed by atoms with Crippen LogP contribution in [-0.2, 0) is 22.7 Å². The van der Waals surface area contributed by atoms with Crippen LogP contribution in [0.5, 0.6) is 0 Å². The molecule has 0 radical (unpaired) electrons. The number of hydrogen-bond donors (Lipinski definition) is 0. The van der Waals surface area contributed by atoms with Gasteiger partial charge in [0.05, 0.1) is 10.6 Å². The number of rotatable bonds is 3. The van der Waals surface area contributed by atoms with Crippen LogP contribution in [0.2, 0.25) is 0 Å². The summed E-state index contributed by atoms with van der Waals surface area (Å²) < 4.78 is 23.7. The van der Waals surface area contributed by atoms with E-state index in [0.717, 1.165) is 28.9 Å². The lowest BCUT2D eigenvalue weighted by atomic mass is 9.87. The molecule has 2 aromatic carbocycles. The molecule has 1 aliphatic carbocycles. The first-order chi connectivity index (χ1) is 14.8. The fourth-order valence-electron chi connectivity index (χ4n) is 4.50. The number of hydrogen-bond acceptors (Lipinski definition) is 4. The molecule has 0 saturated carbocycles. The minimum Gasteiger partial charge on any atom is -0.237 e. The Morgan fingerprint density at radius 1 is 1.03 bits per heavy atom. The van der Waals surface area contributed by atoms with Gasteiger partial charge in [0.15, 0.2) is 9.84 Å². The summed E-state index contributed by atoms with van der Waals surface area (Å²) in [6.45, 7) is 4.45. The molecule has 1 aliphatic rings. The third-order valence-electron chi connectivity index (χ3n) is 6.17. The van der Waals surface area contributed by atoms with E-state index in [9.17, 15) is 8.42 Å². The van der Waals surface area contributed by atoms with Gasteiger partial charge in [0.2, 0.25) is 0 Å². The van der Waals surface area contributed by atoms with Gasteiger partial charge < -0.3 is 0 Å². The second kappa shape index (κ2) is 7.57. The van der Waals surface area contributed by atoms with E-state index < -0.39 is 9.84 Å². The minimum absolute atomic E-state index is 0.330. The van der Waals surface area contributed by atoms with E-state index >= 15 is 0 Å². The fourth-order valence-corrected chi connectivity index (χ4v) is 6.54. The largest absolute Gasteiger partial charge is 0.237 e. The highest BCUT2D eigenvalue weighted by Crippen LogP contribution is 2.43. The quantitative estimate of drug-likeness (QED) is 0.362. The summed E-state index contributed by atoms with van der Waals surface area (Å²) in [5.74, 6) is 0.714. The summed E-state index contributed by atoms with van der Waals surface area (Å²) in [5.41, 5.74) is 6.96. The molecule has 5 heteroatoms. The Bertz CT molecular complexity index is 1400. The second-order valence-corrected chi connectivity index (χ2v) is 11.9. The van der Waals surface area contributed by atoms with E-state index in [4.69, 9.17) is 4.98 Å². The fraction of sp³-hybridized carbons (Fsp3) is 0.269. The van der Waals surface area contributed by atoms with Crippen LogP contribution in [0.3, 0.4) is 0 Å². The van der Waals surface area contributed by atoms with E-state index in [1.54, 1.807) is 12.1 Å². The van der Waals surface area contributed by atoms with Gasteiger partial charge in [-0.25, -0.2) is 13.4 Å². The summed E-state index contributed by atoms with van der Waals surface area (Å²) in [6, 6.07) is 17.9. The van der Waals surface area contributed by atoms with Crippen molar-refractivity contribution in [2.45, 2.75) is 38.0 Å². The van der Waals surface area contributed by atoms with Gasteiger partial charge in [-0.1, -0.05) is 48.9 Å². The Morgan fingerprint density at radius 2 is 1.81 bits per heavy atom. The molecule has 1 atom stereocenters. The van der Waals surface area contributed by atoms with Crippen molar-refractivity contribution in [1.29, 1.82) is 0 Å². The number of nitrogens with zero attached hydrogens (tertiary/aromatic N) is 1. The maximum atomic E-state index is 11.9. The topological polar surface area (TPSA) is 47.0 Å². The summed E-state index contributed by atoms with van der Waals surface area (Å²) in [7, 11) is -3.22. The number of benzene rings is 2. The normalized spacial score (nSPS) is 16.4. The molecule has 2 aromatic heterocycles. The Kier molecular flexibility index (Phi) is 4.98. The van der Waals surface area contributed by atoms with E-state index in [2.05, 4.69) is 44.2 Å². The Balaban J connectivity index is 1.74. The first-order valence-electron chi connectivity index (χ1n) is 10.6. The van der Waals surface area contributed by atoms with Crippen LogP contribution in [0.25, 0.3) is 32.6 Å². The van der Waals surface area contributed by atoms with Gasteiger partial charge in [0, 0.05) is 22.1 Å². The zero-order valence-corrected chi connectivity index (χ0v) is 19.6. The minimum atomic E-state index is -3.22. The van der Waals surface area contributed by atoms with E-state index in [1.165, 1.54) is 45.2 Å². The van der Waals surface area contributed by atoms with Crippen LogP contribution < -0.4 is 0 Å². The molecular formula is C26H25NO2S2. The molecule has 31 heavy (non-hydrogen) atoms. The van der Waals surface area contributed by atoms with Crippen molar-refractivity contribution in [3.63, 3.8) is 0 Å². The van der Waals surface area contributed by atoms with Gasteiger partial charge in [-0.15, -0.1) is 11.3 Å². The highest BCUT2D eigenvalue weighted by Gasteiger charge is 2.24. The van der Waals surface area contributed by atoms with Gasteiger partial charge in [-0.05, 0) is 67.0 Å². The first-order valence-corrected chi connectivity index (χ1v) is 13.3. The van der Waals surface area contributed by atoms with Crippen LogP contribution in [-0.4, -0.2) is 19.7 Å². The highest BCUT2D eigenvalue weighted by molar-refractivity contribution is 7.90. The third-order valence-corrected chi connectivity index (χ3v) is 8.45. The number of thiophene rings is 1. The lowest BCUT2D eigenvalue weighted by molar-refractivity contribution is 0.509. The molecule has 2 heterocycles. The van der Waals surface area contributed by atoms with Crippen molar-refractivity contribution in [3.05, 3.63) is 70.6 Å². The van der Waals surface area contributed by atoms with Crippen LogP contribution in [0, 0.1) is 12.8 Å². The molecular weight excluding hydrogens is 422 g/mol. The highest BCUT2D eigenvalue weighted by atomic mass is 32.2. The summed E-state index contributed by atoms with van der Waals surface area (Å²) >= 11 is 1.83. The van der Waals surface area contributed by atoms with Gasteiger partial charge >= 0.3 is 0 Å². The molecule has 0 spiro atoms. The maximum absolute atomic E-state index is 11.9. The third kappa shape index (κ3) is 3.81. The van der Waals surface area contributed by atoms with E-state index in [0.29, 0.717) is 10.8 Å². The second-order valence-electron chi connectivity index (χ2n) is 8.75. The lowest BCUT2D eigenvalue weighted by Crippen LogP contribution is -2.08. The van der Waals surface area contributed by atoms with Crippen LogP contribution in [0.1, 0.15) is 29.3 Å². The average Bonchev–Trinajstić information content (AvgIpc) is 3.10. The Morgan fingerprint density at radius 3 is 2.52 bits per heavy atom. The summed E-state index contributed by atoms with van der Waals surface area (Å²) in [5, 5.41) is 1.30. The average molecular weight is 448 g/mol. The van der Waals surface area contributed by atoms with Gasteiger partial charge in [-0.3, -0.25) is 0 Å². The van der Waals surface area contributed by atoms with Crippen molar-refractivity contribution < 1.29 is 8.42 Å². The molecule has 0 bridgehead atoms. The monoisotopic (exact) mass is 447 g/mol. The van der Waals surface area contributed by atoms with Crippen molar-refractivity contribution in [1.82, 2.24) is 4.98 Å². The zero-order valence-electron chi connectivity index (χ0n) is 18.0. The lowest BCUT2D eigenvalue weighted by Gasteiger charge is -2.18. The first kappa shape index (κ1) is 20.4. The molecule has 5 rings (SSSR count). The van der Waals surface area contributed by atoms with Crippen LogP contribution in [0.15, 0.2) is 59.5 Å². The zero-order chi connectivity index (χ0) is 21.8. The number of pyridine rings is 1. The summed E-state index contributed by atoms with van der Waals surface area (Å²) in [4.78, 5) is 7.93. The number of fused-ring (bicyclic) bond motifs is 3. The van der Waals surface area contributed by atoms with Crippen molar-refractivity contribution in [2.24, 2.45) is 5.92 Å². The van der Waals surface area contributed by atoms with Crippen LogP contribution in [0.4, 0.5) is 0 Å². The standard InChI is InChI=1S/C26H25NO2S2/c1-16-5-4-6-19(13-16)22-15-23(18-8-10-20(11-9-18)31(3,28)29)27-26-25(22)21-12-7-17(2)14-24(21)30-26/h4-6,8-11,13,15,17H,7,12,14H2,1-3H3. The van der Waals surface area contributed by atoms with Gasteiger partial charge in [0.25, 0.3) is 0 Å². The van der Waals surface area contributed by atoms with E-state index in [1.807, 2.05) is 23.5 Å². The number of aromatic nitrogens is 1. The predicted octanol–water partition coefficient (Wildman–Crippen LogP) is 6.47. The predicted molar refractivity (Wildman–Crippen MR) is 130 cm³/mol. The van der Waals surface area contributed by atoms with E-state index in [-0.39, 0.29) is 0 Å². The van der Waals surface area contributed by atoms with Crippen molar-refractivity contribution in [3.8, 4) is 22.4 Å². The molecule has 0 aliphatic heterocycles. The SMILES string of the molecule is Cc1cccc(-c2cc(-c3ccc(S(C)(=O)=O)cc3)nc3sc4c(c23)CCC(C)C4)c1. The smallest absolute Gasteiger partial charge is 0.175 e. The van der Waals surface area contributed by atoms with Crippen LogP contribution >= 0.6 is 11.3 Å². The molecule has 1 unspecified atom stereocenters. The summed E-state index contributed by atoms with van der Waals surface area (Å²) in [6.07, 6.45) is 4.70. The Hall–Kier alpha value is -2.50. The molecule has 4 aromatic rings. The van der Waals surface area contributed by atoms with Crippen molar-refractivity contribution in [2.75, 3.05) is 6.26 Å². The molecule has 158 valence electrons. The van der Waals surface area contributed by atoms with Gasteiger partial charge in [-0.2, -0.15) is 0 Å². The molecule has 0 fully saturated rings. The number of sulfone groups is 1. The molecule has 0 amide bonds.